The number of rotatable bonds is 3. The molecule has 5 nitrogen and oxygen atoms in total. The second-order valence-corrected chi connectivity index (χ2v) is 10.4. The van der Waals surface area contributed by atoms with Gasteiger partial charge in [0.1, 0.15) is 5.82 Å². The van der Waals surface area contributed by atoms with Crippen LogP contribution in [-0.4, -0.2) is 49.7 Å². The Morgan fingerprint density at radius 2 is 1.54 bits per heavy atom. The fourth-order valence-corrected chi connectivity index (χ4v) is 6.63. The first-order chi connectivity index (χ1) is 13.4. The Labute approximate surface area is 166 Å². The number of carbonyl (C=O) groups excluding carboxylic acids is 1. The minimum absolute atomic E-state index is 0.0835. The molecule has 154 valence electrons. The Bertz CT molecular complexity index is 803. The Hall–Kier alpha value is -1.47. The minimum Gasteiger partial charge on any atom is -0.342 e. The van der Waals surface area contributed by atoms with E-state index in [0.29, 0.717) is 31.8 Å². The van der Waals surface area contributed by atoms with Gasteiger partial charge in [-0.15, -0.1) is 0 Å². The van der Waals surface area contributed by atoms with E-state index >= 15 is 0 Å². The molecule has 1 saturated carbocycles. The highest BCUT2D eigenvalue weighted by atomic mass is 32.2. The zero-order valence-corrected chi connectivity index (χ0v) is 17.0. The maximum absolute atomic E-state index is 13.1. The van der Waals surface area contributed by atoms with Crippen LogP contribution in [0.25, 0.3) is 0 Å². The van der Waals surface area contributed by atoms with E-state index in [1.807, 2.05) is 4.90 Å². The largest absolute Gasteiger partial charge is 0.342 e. The lowest BCUT2D eigenvalue weighted by Crippen LogP contribution is -2.49. The fourth-order valence-electron chi connectivity index (χ4n) is 5.16. The van der Waals surface area contributed by atoms with E-state index in [9.17, 15) is 17.6 Å². The summed E-state index contributed by atoms with van der Waals surface area (Å²) in [5.41, 5.74) is 0. The lowest BCUT2D eigenvalue weighted by Gasteiger charge is -2.43. The predicted octanol–water partition coefficient (Wildman–Crippen LogP) is 3.27. The molecule has 0 spiro atoms. The molecule has 3 aliphatic rings. The molecular formula is C21H29FN2O3S. The number of hydrogen-bond acceptors (Lipinski definition) is 3. The third-order valence-corrected chi connectivity index (χ3v) is 8.77. The van der Waals surface area contributed by atoms with E-state index in [2.05, 4.69) is 0 Å². The van der Waals surface area contributed by atoms with Crippen LogP contribution in [0.3, 0.4) is 0 Å². The molecule has 3 fully saturated rings. The second-order valence-electron chi connectivity index (χ2n) is 8.51. The van der Waals surface area contributed by atoms with Gasteiger partial charge in [-0.25, -0.2) is 12.8 Å². The van der Waals surface area contributed by atoms with Crippen molar-refractivity contribution in [1.29, 1.82) is 0 Å². The van der Waals surface area contributed by atoms with Crippen LogP contribution in [-0.2, 0) is 14.8 Å². The third kappa shape index (κ3) is 3.96. The van der Waals surface area contributed by atoms with E-state index < -0.39 is 15.8 Å². The number of hydrogen-bond donors (Lipinski definition) is 0. The van der Waals surface area contributed by atoms with Gasteiger partial charge in [-0.1, -0.05) is 19.3 Å². The van der Waals surface area contributed by atoms with Crippen molar-refractivity contribution in [3.05, 3.63) is 30.1 Å². The molecule has 2 aliphatic heterocycles. The van der Waals surface area contributed by atoms with Gasteiger partial charge in [-0.05, 0) is 61.8 Å². The van der Waals surface area contributed by atoms with E-state index in [1.54, 1.807) is 0 Å². The number of sulfonamides is 1. The van der Waals surface area contributed by atoms with E-state index in [1.165, 1.54) is 42.1 Å². The Kier molecular flexibility index (Phi) is 5.74. The first-order valence-electron chi connectivity index (χ1n) is 10.5. The molecule has 0 aromatic heterocycles. The summed E-state index contributed by atoms with van der Waals surface area (Å²) in [5.74, 6) is 1.12. The molecule has 0 unspecified atom stereocenters. The fraction of sp³-hybridized carbons (Fsp3) is 0.667. The predicted molar refractivity (Wildman–Crippen MR) is 105 cm³/mol. The van der Waals surface area contributed by atoms with E-state index in [0.717, 1.165) is 37.6 Å². The number of amides is 1. The summed E-state index contributed by atoms with van der Waals surface area (Å²) >= 11 is 0. The van der Waals surface area contributed by atoms with Crippen molar-refractivity contribution in [1.82, 2.24) is 9.21 Å². The maximum Gasteiger partial charge on any atom is 0.243 e. The van der Waals surface area contributed by atoms with Crippen LogP contribution in [0.2, 0.25) is 0 Å². The summed E-state index contributed by atoms with van der Waals surface area (Å²) in [6.07, 6.45) is 7.40. The summed E-state index contributed by atoms with van der Waals surface area (Å²) in [5, 5.41) is 0. The van der Waals surface area contributed by atoms with Gasteiger partial charge in [0.2, 0.25) is 15.9 Å². The second kappa shape index (κ2) is 8.11. The van der Waals surface area contributed by atoms with Gasteiger partial charge in [0, 0.05) is 32.1 Å². The lowest BCUT2D eigenvalue weighted by molar-refractivity contribution is -0.139. The van der Waals surface area contributed by atoms with Crippen molar-refractivity contribution in [2.75, 3.05) is 26.2 Å². The summed E-state index contributed by atoms with van der Waals surface area (Å²) < 4.78 is 40.0. The molecule has 2 saturated heterocycles. The molecule has 7 heteroatoms. The first-order valence-corrected chi connectivity index (χ1v) is 11.9. The highest BCUT2D eigenvalue weighted by Gasteiger charge is 2.37. The van der Waals surface area contributed by atoms with Crippen LogP contribution < -0.4 is 0 Å². The lowest BCUT2D eigenvalue weighted by atomic mass is 9.75. The van der Waals surface area contributed by atoms with Crippen molar-refractivity contribution in [3.63, 3.8) is 0 Å². The van der Waals surface area contributed by atoms with Gasteiger partial charge in [0.25, 0.3) is 0 Å². The van der Waals surface area contributed by atoms with Crippen LogP contribution in [0, 0.1) is 23.6 Å². The highest BCUT2D eigenvalue weighted by molar-refractivity contribution is 7.89. The standard InChI is InChI=1S/C21H29FN2O3S/c22-19-5-7-20(8-6-19)28(26,27)24-13-10-17(11-14-24)21(25)23-12-9-16-3-1-2-4-18(16)15-23/h5-8,16-18H,1-4,9-15H2/t16-,18-/m1/s1. The molecular weight excluding hydrogens is 379 g/mol. The zero-order chi connectivity index (χ0) is 19.7. The number of benzene rings is 1. The van der Waals surface area contributed by atoms with E-state index in [4.69, 9.17) is 0 Å². The molecule has 2 atom stereocenters. The quantitative estimate of drug-likeness (QED) is 0.771. The topological polar surface area (TPSA) is 57.7 Å². The average molecular weight is 409 g/mol. The van der Waals surface area contributed by atoms with Crippen LogP contribution >= 0.6 is 0 Å². The SMILES string of the molecule is O=C(C1CCN(S(=O)(=O)c2ccc(F)cc2)CC1)N1CC[C@H]2CCCC[C@@H]2C1. The molecule has 1 aromatic rings. The van der Waals surface area contributed by atoms with Crippen molar-refractivity contribution in [2.45, 2.75) is 49.8 Å². The molecule has 4 rings (SSSR count). The number of carbonyl (C=O) groups is 1. The van der Waals surface area contributed by atoms with Gasteiger partial charge >= 0.3 is 0 Å². The third-order valence-electron chi connectivity index (χ3n) is 6.86. The first kappa shape index (κ1) is 19.8. The Balaban J connectivity index is 1.34. The molecule has 0 N–H and O–H groups in total. The van der Waals surface area contributed by atoms with Gasteiger partial charge in [-0.2, -0.15) is 4.31 Å². The maximum atomic E-state index is 13.1. The average Bonchev–Trinajstić information content (AvgIpc) is 2.73. The highest BCUT2D eigenvalue weighted by Crippen LogP contribution is 2.37. The van der Waals surface area contributed by atoms with Crippen molar-refractivity contribution >= 4 is 15.9 Å². The summed E-state index contributed by atoms with van der Waals surface area (Å²) in [6, 6.07) is 4.93. The van der Waals surface area contributed by atoms with Crippen LogP contribution in [0.4, 0.5) is 4.39 Å². The number of nitrogens with zero attached hydrogens (tertiary/aromatic N) is 2. The summed E-state index contributed by atoms with van der Waals surface area (Å²) in [7, 11) is -3.63. The molecule has 1 aliphatic carbocycles. The normalized spacial score (nSPS) is 27.4. The summed E-state index contributed by atoms with van der Waals surface area (Å²) in [4.78, 5) is 15.2. The smallest absolute Gasteiger partial charge is 0.243 e. The molecule has 28 heavy (non-hydrogen) atoms. The van der Waals surface area contributed by atoms with Crippen LogP contribution in [0.1, 0.15) is 44.9 Å². The molecule has 0 bridgehead atoms. The molecule has 1 aromatic carbocycles. The van der Waals surface area contributed by atoms with Crippen molar-refractivity contribution in [3.8, 4) is 0 Å². The Morgan fingerprint density at radius 1 is 0.893 bits per heavy atom. The van der Waals surface area contributed by atoms with Crippen molar-refractivity contribution < 1.29 is 17.6 Å². The van der Waals surface area contributed by atoms with Gasteiger partial charge in [0.15, 0.2) is 0 Å². The zero-order valence-electron chi connectivity index (χ0n) is 16.2. The monoisotopic (exact) mass is 408 g/mol. The molecule has 2 heterocycles. The number of piperidine rings is 2. The Morgan fingerprint density at radius 3 is 2.21 bits per heavy atom. The van der Waals surface area contributed by atoms with Crippen molar-refractivity contribution in [2.24, 2.45) is 17.8 Å². The summed E-state index contributed by atoms with van der Waals surface area (Å²) in [6.45, 7) is 2.43. The van der Waals surface area contributed by atoms with E-state index in [-0.39, 0.29) is 16.7 Å². The number of fused-ring (bicyclic) bond motifs is 1. The van der Waals surface area contributed by atoms with Gasteiger partial charge < -0.3 is 4.90 Å². The number of likely N-dealkylation sites (tertiary alicyclic amines) is 1. The minimum atomic E-state index is -3.63. The van der Waals surface area contributed by atoms with Gasteiger partial charge in [-0.3, -0.25) is 4.79 Å². The molecule has 1 amide bonds. The van der Waals surface area contributed by atoms with Crippen LogP contribution in [0.5, 0.6) is 0 Å². The number of halogens is 1. The van der Waals surface area contributed by atoms with Gasteiger partial charge in [0.05, 0.1) is 4.90 Å². The van der Waals surface area contributed by atoms with Crippen LogP contribution in [0.15, 0.2) is 29.2 Å². The molecule has 0 radical (unpaired) electrons.